The predicted octanol–water partition coefficient (Wildman–Crippen LogP) is 3.10. The van der Waals surface area contributed by atoms with E-state index >= 15 is 0 Å². The number of nitrogens with one attached hydrogen (secondary N) is 1. The first-order valence-corrected chi connectivity index (χ1v) is 6.29. The summed E-state index contributed by atoms with van der Waals surface area (Å²) < 4.78 is 11.1. The SMILES string of the molecule is CCNc1nccc(Oc2cccc(OCC)c2)n1. The summed E-state index contributed by atoms with van der Waals surface area (Å²) in [6.45, 7) is 5.33. The molecule has 1 N–H and O–H groups in total. The molecule has 5 heteroatoms. The maximum absolute atomic E-state index is 5.68. The third-order valence-electron chi connectivity index (χ3n) is 2.30. The Balaban J connectivity index is 2.11. The normalized spacial score (nSPS) is 10.0. The fourth-order valence-corrected chi connectivity index (χ4v) is 1.56. The number of ether oxygens (including phenoxy) is 2. The van der Waals surface area contributed by atoms with Gasteiger partial charge in [0.25, 0.3) is 0 Å². The van der Waals surface area contributed by atoms with Gasteiger partial charge in [-0.25, -0.2) is 4.98 Å². The van der Waals surface area contributed by atoms with E-state index in [1.54, 1.807) is 12.3 Å². The zero-order chi connectivity index (χ0) is 13.5. The molecule has 0 amide bonds. The molecule has 0 atom stereocenters. The minimum absolute atomic E-state index is 0.500. The number of rotatable bonds is 6. The molecule has 19 heavy (non-hydrogen) atoms. The van der Waals surface area contributed by atoms with E-state index in [-0.39, 0.29) is 0 Å². The number of hydrogen-bond donors (Lipinski definition) is 1. The summed E-state index contributed by atoms with van der Waals surface area (Å²) in [5.41, 5.74) is 0. The molecule has 1 aromatic heterocycles. The van der Waals surface area contributed by atoms with Gasteiger partial charge in [-0.2, -0.15) is 4.98 Å². The summed E-state index contributed by atoms with van der Waals surface area (Å²) in [6.07, 6.45) is 1.66. The van der Waals surface area contributed by atoms with E-state index in [4.69, 9.17) is 9.47 Å². The molecular weight excluding hydrogens is 242 g/mol. The highest BCUT2D eigenvalue weighted by atomic mass is 16.5. The van der Waals surface area contributed by atoms with Crippen molar-refractivity contribution in [3.8, 4) is 17.4 Å². The second-order valence-corrected chi connectivity index (χ2v) is 3.76. The summed E-state index contributed by atoms with van der Waals surface area (Å²) >= 11 is 0. The molecule has 0 unspecified atom stereocenters. The Kier molecular flexibility index (Phi) is 4.55. The van der Waals surface area contributed by atoms with Crippen LogP contribution in [0.1, 0.15) is 13.8 Å². The van der Waals surface area contributed by atoms with Crippen molar-refractivity contribution in [2.75, 3.05) is 18.5 Å². The highest BCUT2D eigenvalue weighted by Crippen LogP contribution is 2.24. The van der Waals surface area contributed by atoms with Gasteiger partial charge >= 0.3 is 0 Å². The van der Waals surface area contributed by atoms with Gasteiger partial charge in [0.05, 0.1) is 6.61 Å². The zero-order valence-electron chi connectivity index (χ0n) is 11.1. The Hall–Kier alpha value is -2.30. The fraction of sp³-hybridized carbons (Fsp3) is 0.286. The molecule has 100 valence electrons. The van der Waals surface area contributed by atoms with Crippen molar-refractivity contribution in [1.82, 2.24) is 9.97 Å². The lowest BCUT2D eigenvalue weighted by Gasteiger charge is -2.08. The Morgan fingerprint density at radius 3 is 2.79 bits per heavy atom. The number of nitrogens with zero attached hydrogens (tertiary/aromatic N) is 2. The largest absolute Gasteiger partial charge is 0.494 e. The van der Waals surface area contributed by atoms with Gasteiger partial charge in [0.15, 0.2) is 0 Å². The van der Waals surface area contributed by atoms with E-state index < -0.39 is 0 Å². The molecule has 0 radical (unpaired) electrons. The van der Waals surface area contributed by atoms with Crippen LogP contribution in [0.15, 0.2) is 36.5 Å². The van der Waals surface area contributed by atoms with Crippen LogP contribution < -0.4 is 14.8 Å². The van der Waals surface area contributed by atoms with E-state index in [9.17, 15) is 0 Å². The quantitative estimate of drug-likeness (QED) is 0.863. The minimum Gasteiger partial charge on any atom is -0.494 e. The van der Waals surface area contributed by atoms with Crippen molar-refractivity contribution < 1.29 is 9.47 Å². The molecule has 0 fully saturated rings. The maximum atomic E-state index is 5.68. The highest BCUT2D eigenvalue weighted by molar-refractivity contribution is 5.36. The van der Waals surface area contributed by atoms with Crippen molar-refractivity contribution in [3.05, 3.63) is 36.5 Å². The van der Waals surface area contributed by atoms with Crippen LogP contribution in [0.3, 0.4) is 0 Å². The molecule has 0 aliphatic carbocycles. The Morgan fingerprint density at radius 2 is 2.00 bits per heavy atom. The van der Waals surface area contributed by atoms with Crippen LogP contribution in [0.5, 0.6) is 17.4 Å². The molecule has 0 spiro atoms. The van der Waals surface area contributed by atoms with Gasteiger partial charge in [0.2, 0.25) is 11.8 Å². The van der Waals surface area contributed by atoms with Gasteiger partial charge in [-0.1, -0.05) is 6.07 Å². The van der Waals surface area contributed by atoms with E-state index in [2.05, 4.69) is 15.3 Å². The lowest BCUT2D eigenvalue weighted by atomic mass is 10.3. The minimum atomic E-state index is 0.500. The van der Waals surface area contributed by atoms with Gasteiger partial charge in [-0.15, -0.1) is 0 Å². The first-order chi connectivity index (χ1) is 9.31. The first kappa shape index (κ1) is 13.1. The van der Waals surface area contributed by atoms with Crippen LogP contribution in [0.2, 0.25) is 0 Å². The summed E-state index contributed by atoms with van der Waals surface area (Å²) in [4.78, 5) is 8.34. The predicted molar refractivity (Wildman–Crippen MR) is 73.9 cm³/mol. The van der Waals surface area contributed by atoms with Crippen LogP contribution in [0, 0.1) is 0 Å². The lowest BCUT2D eigenvalue weighted by molar-refractivity contribution is 0.338. The Labute approximate surface area is 112 Å². The van der Waals surface area contributed by atoms with Gasteiger partial charge in [-0.3, -0.25) is 0 Å². The van der Waals surface area contributed by atoms with Crippen molar-refractivity contribution in [2.24, 2.45) is 0 Å². The van der Waals surface area contributed by atoms with Crippen LogP contribution in [-0.2, 0) is 0 Å². The first-order valence-electron chi connectivity index (χ1n) is 6.29. The number of hydrogen-bond acceptors (Lipinski definition) is 5. The summed E-state index contributed by atoms with van der Waals surface area (Å²) in [5, 5.41) is 3.04. The average molecular weight is 259 g/mol. The van der Waals surface area contributed by atoms with Crippen LogP contribution in [0.25, 0.3) is 0 Å². The molecule has 2 aromatic rings. The zero-order valence-corrected chi connectivity index (χ0v) is 11.1. The summed E-state index contributed by atoms with van der Waals surface area (Å²) in [6, 6.07) is 9.18. The van der Waals surface area contributed by atoms with Crippen molar-refractivity contribution >= 4 is 5.95 Å². The Bertz CT molecular complexity index is 484. The smallest absolute Gasteiger partial charge is 0.225 e. The van der Waals surface area contributed by atoms with Crippen LogP contribution in [-0.4, -0.2) is 23.1 Å². The van der Waals surface area contributed by atoms with E-state index in [1.165, 1.54) is 0 Å². The van der Waals surface area contributed by atoms with Crippen LogP contribution >= 0.6 is 0 Å². The molecule has 5 nitrogen and oxygen atoms in total. The maximum Gasteiger partial charge on any atom is 0.225 e. The highest BCUT2D eigenvalue weighted by Gasteiger charge is 2.02. The second kappa shape index (κ2) is 6.58. The van der Waals surface area contributed by atoms with Gasteiger partial charge in [0.1, 0.15) is 11.5 Å². The number of benzene rings is 1. The molecule has 0 aliphatic heterocycles. The van der Waals surface area contributed by atoms with Gasteiger partial charge < -0.3 is 14.8 Å². The number of anilines is 1. The molecular formula is C14H17N3O2. The second-order valence-electron chi connectivity index (χ2n) is 3.76. The van der Waals surface area contributed by atoms with E-state index in [0.29, 0.717) is 24.2 Å². The topological polar surface area (TPSA) is 56.3 Å². The number of aromatic nitrogens is 2. The third-order valence-corrected chi connectivity index (χ3v) is 2.30. The lowest BCUT2D eigenvalue weighted by Crippen LogP contribution is -2.02. The van der Waals surface area contributed by atoms with Gasteiger partial charge in [-0.05, 0) is 26.0 Å². The van der Waals surface area contributed by atoms with Crippen molar-refractivity contribution in [3.63, 3.8) is 0 Å². The van der Waals surface area contributed by atoms with Crippen molar-refractivity contribution in [2.45, 2.75) is 13.8 Å². The van der Waals surface area contributed by atoms with Crippen molar-refractivity contribution in [1.29, 1.82) is 0 Å². The molecule has 1 aromatic carbocycles. The average Bonchev–Trinajstić information content (AvgIpc) is 2.40. The molecule has 0 bridgehead atoms. The summed E-state index contributed by atoms with van der Waals surface area (Å²) in [5.74, 6) is 2.52. The van der Waals surface area contributed by atoms with Crippen LogP contribution in [0.4, 0.5) is 5.95 Å². The molecule has 1 heterocycles. The third kappa shape index (κ3) is 3.84. The monoisotopic (exact) mass is 259 g/mol. The molecule has 0 saturated heterocycles. The van der Waals surface area contributed by atoms with Gasteiger partial charge in [0, 0.05) is 24.9 Å². The summed E-state index contributed by atoms with van der Waals surface area (Å²) in [7, 11) is 0. The molecule has 0 aliphatic rings. The molecule has 0 saturated carbocycles. The fourth-order valence-electron chi connectivity index (χ4n) is 1.56. The van der Waals surface area contributed by atoms with E-state index in [1.807, 2.05) is 38.1 Å². The Morgan fingerprint density at radius 1 is 1.16 bits per heavy atom. The standard InChI is InChI=1S/C14H17N3O2/c1-3-15-14-16-9-8-13(17-14)19-12-7-5-6-11(10-12)18-4-2/h5-10H,3-4H2,1-2H3,(H,15,16,17). The molecule has 2 rings (SSSR count). The van der Waals surface area contributed by atoms with E-state index in [0.717, 1.165) is 12.3 Å².